The summed E-state index contributed by atoms with van der Waals surface area (Å²) in [4.78, 5) is 0. The normalized spacial score (nSPS) is 28.9. The van der Waals surface area contributed by atoms with Crippen LogP contribution in [0.5, 0.6) is 5.75 Å². The average Bonchev–Trinajstić information content (AvgIpc) is 2.99. The van der Waals surface area contributed by atoms with Crippen LogP contribution >= 0.6 is 31.9 Å². The van der Waals surface area contributed by atoms with Gasteiger partial charge in [0.1, 0.15) is 5.75 Å². The molecule has 2 saturated carbocycles. The van der Waals surface area contributed by atoms with Crippen molar-refractivity contribution >= 4 is 31.9 Å². The molecule has 0 spiro atoms. The maximum absolute atomic E-state index is 6.20. The smallest absolute Gasteiger partial charge is 0.126 e. The van der Waals surface area contributed by atoms with Gasteiger partial charge in [-0.2, -0.15) is 0 Å². The van der Waals surface area contributed by atoms with Crippen LogP contribution in [-0.2, 0) is 5.33 Å². The van der Waals surface area contributed by atoms with Crippen LogP contribution in [0.2, 0.25) is 0 Å². The van der Waals surface area contributed by atoms with Crippen molar-refractivity contribution in [3.63, 3.8) is 0 Å². The van der Waals surface area contributed by atoms with Crippen molar-refractivity contribution in [3.05, 3.63) is 27.7 Å². The average molecular weight is 388 g/mol. The van der Waals surface area contributed by atoms with E-state index in [0.717, 1.165) is 39.9 Å². The fourth-order valence-electron chi connectivity index (χ4n) is 3.88. The van der Waals surface area contributed by atoms with Crippen molar-refractivity contribution in [3.8, 4) is 5.75 Å². The lowest BCUT2D eigenvalue weighted by Crippen LogP contribution is -2.19. The molecule has 1 aromatic carbocycles. The highest BCUT2D eigenvalue weighted by atomic mass is 79.9. The van der Waals surface area contributed by atoms with Crippen molar-refractivity contribution in [2.75, 3.05) is 6.61 Å². The molecular weight excluding hydrogens is 368 g/mol. The highest BCUT2D eigenvalue weighted by Gasteiger charge is 2.39. The molecule has 2 bridgehead atoms. The number of hydrogen-bond donors (Lipinski definition) is 0. The molecular formula is C16H20Br2O. The van der Waals surface area contributed by atoms with Gasteiger partial charge >= 0.3 is 0 Å². The maximum atomic E-state index is 6.20. The highest BCUT2D eigenvalue weighted by molar-refractivity contribution is 9.10. The number of benzene rings is 1. The molecule has 2 fully saturated rings. The van der Waals surface area contributed by atoms with Gasteiger partial charge < -0.3 is 4.74 Å². The molecule has 0 amide bonds. The van der Waals surface area contributed by atoms with Gasteiger partial charge in [-0.3, -0.25) is 0 Å². The Labute approximate surface area is 132 Å². The third-order valence-electron chi connectivity index (χ3n) is 4.79. The largest absolute Gasteiger partial charge is 0.493 e. The summed E-state index contributed by atoms with van der Waals surface area (Å²) >= 11 is 7.12. The number of rotatable bonds is 4. The number of hydrogen-bond acceptors (Lipinski definition) is 1. The molecule has 0 radical (unpaired) electrons. The summed E-state index contributed by atoms with van der Waals surface area (Å²) in [5.74, 6) is 3.82. The molecule has 3 unspecified atom stereocenters. The van der Waals surface area contributed by atoms with E-state index in [1.165, 1.54) is 36.8 Å². The SMILES string of the molecule is Cc1cc(Br)cc(CBr)c1OCC1CC2CCC1C2. The van der Waals surface area contributed by atoms with Crippen LogP contribution in [0, 0.1) is 24.7 Å². The molecule has 19 heavy (non-hydrogen) atoms. The van der Waals surface area contributed by atoms with Crippen LogP contribution in [0.4, 0.5) is 0 Å². The molecule has 2 aliphatic rings. The van der Waals surface area contributed by atoms with Crippen molar-refractivity contribution < 1.29 is 4.74 Å². The first-order chi connectivity index (χ1) is 9.17. The van der Waals surface area contributed by atoms with Crippen LogP contribution in [0.25, 0.3) is 0 Å². The third-order valence-corrected chi connectivity index (χ3v) is 5.85. The van der Waals surface area contributed by atoms with Crippen LogP contribution in [0.3, 0.4) is 0 Å². The van der Waals surface area contributed by atoms with Crippen LogP contribution in [0.15, 0.2) is 16.6 Å². The van der Waals surface area contributed by atoms with Gasteiger partial charge in [0.2, 0.25) is 0 Å². The third kappa shape index (κ3) is 2.87. The molecule has 1 nitrogen and oxygen atoms in total. The highest BCUT2D eigenvalue weighted by Crippen LogP contribution is 2.48. The fourth-order valence-corrected chi connectivity index (χ4v) is 4.91. The minimum atomic E-state index is 0.796. The van der Waals surface area contributed by atoms with E-state index in [1.54, 1.807) is 0 Å². The fraction of sp³-hybridized carbons (Fsp3) is 0.625. The lowest BCUT2D eigenvalue weighted by molar-refractivity contribution is 0.193. The van der Waals surface area contributed by atoms with Crippen LogP contribution in [-0.4, -0.2) is 6.61 Å². The molecule has 1 aromatic rings. The Morgan fingerprint density at radius 1 is 1.26 bits per heavy atom. The maximum Gasteiger partial charge on any atom is 0.126 e. The zero-order valence-electron chi connectivity index (χ0n) is 11.3. The Bertz CT molecular complexity index is 472. The summed E-state index contributed by atoms with van der Waals surface area (Å²) in [6.07, 6.45) is 5.75. The van der Waals surface area contributed by atoms with E-state index >= 15 is 0 Å². The molecule has 3 heteroatoms. The Balaban J connectivity index is 1.69. The summed E-state index contributed by atoms with van der Waals surface area (Å²) in [6.45, 7) is 3.04. The Kier molecular flexibility index (Phi) is 4.23. The summed E-state index contributed by atoms with van der Waals surface area (Å²) in [6, 6.07) is 4.29. The molecule has 0 aromatic heterocycles. The van der Waals surface area contributed by atoms with E-state index in [9.17, 15) is 0 Å². The molecule has 0 heterocycles. The van der Waals surface area contributed by atoms with Gasteiger partial charge in [-0.25, -0.2) is 0 Å². The van der Waals surface area contributed by atoms with Crippen LogP contribution in [0.1, 0.15) is 36.8 Å². The monoisotopic (exact) mass is 386 g/mol. The quantitative estimate of drug-likeness (QED) is 0.622. The first kappa shape index (κ1) is 13.9. The van der Waals surface area contributed by atoms with Gasteiger partial charge in [0.05, 0.1) is 6.61 Å². The molecule has 0 aliphatic heterocycles. The molecule has 0 N–H and O–H groups in total. The van der Waals surface area contributed by atoms with Gasteiger partial charge in [0.25, 0.3) is 0 Å². The van der Waals surface area contributed by atoms with E-state index in [-0.39, 0.29) is 0 Å². The number of ether oxygens (including phenoxy) is 1. The van der Waals surface area contributed by atoms with Gasteiger partial charge in [0.15, 0.2) is 0 Å². The predicted octanol–water partition coefficient (Wildman–Crippen LogP) is 5.47. The minimum absolute atomic E-state index is 0.796. The lowest BCUT2D eigenvalue weighted by atomic mass is 9.89. The van der Waals surface area contributed by atoms with Crippen LogP contribution < -0.4 is 4.74 Å². The summed E-state index contributed by atoms with van der Waals surface area (Å²) in [7, 11) is 0. The van der Waals surface area contributed by atoms with Crippen molar-refractivity contribution in [2.45, 2.75) is 37.9 Å². The second-order valence-electron chi connectivity index (χ2n) is 6.09. The topological polar surface area (TPSA) is 9.23 Å². The lowest BCUT2D eigenvalue weighted by Gasteiger charge is -2.23. The van der Waals surface area contributed by atoms with E-state index < -0.39 is 0 Å². The Morgan fingerprint density at radius 3 is 2.74 bits per heavy atom. The first-order valence-corrected chi connectivity index (χ1v) is 9.06. The number of alkyl halides is 1. The van der Waals surface area contributed by atoms with E-state index in [2.05, 4.69) is 50.9 Å². The van der Waals surface area contributed by atoms with E-state index in [0.29, 0.717) is 0 Å². The summed E-state index contributed by atoms with van der Waals surface area (Å²) in [5, 5.41) is 0.847. The van der Waals surface area contributed by atoms with Gasteiger partial charge in [-0.05, 0) is 61.6 Å². The van der Waals surface area contributed by atoms with Gasteiger partial charge in [0, 0.05) is 15.4 Å². The van der Waals surface area contributed by atoms with Crippen molar-refractivity contribution in [2.24, 2.45) is 17.8 Å². The second-order valence-corrected chi connectivity index (χ2v) is 7.57. The summed E-state index contributed by atoms with van der Waals surface area (Å²) in [5.41, 5.74) is 2.47. The molecule has 2 aliphatic carbocycles. The number of halogens is 2. The Hall–Kier alpha value is -0.0200. The molecule has 3 rings (SSSR count). The number of aryl methyl sites for hydroxylation is 1. The first-order valence-electron chi connectivity index (χ1n) is 7.15. The summed E-state index contributed by atoms with van der Waals surface area (Å²) < 4.78 is 7.33. The standard InChI is InChI=1S/C16H20Br2O/c1-10-4-15(18)7-13(8-17)16(10)19-9-14-6-11-2-3-12(14)5-11/h4,7,11-12,14H,2-3,5-6,8-9H2,1H3. The van der Waals surface area contributed by atoms with Crippen molar-refractivity contribution in [1.82, 2.24) is 0 Å². The van der Waals surface area contributed by atoms with E-state index in [4.69, 9.17) is 4.74 Å². The zero-order chi connectivity index (χ0) is 13.4. The second kappa shape index (κ2) is 5.77. The molecule has 0 saturated heterocycles. The van der Waals surface area contributed by atoms with Crippen molar-refractivity contribution in [1.29, 1.82) is 0 Å². The molecule has 104 valence electrons. The van der Waals surface area contributed by atoms with E-state index in [1.807, 2.05) is 0 Å². The van der Waals surface area contributed by atoms with Gasteiger partial charge in [-0.1, -0.05) is 38.3 Å². The number of fused-ring (bicyclic) bond motifs is 2. The predicted molar refractivity (Wildman–Crippen MR) is 85.9 cm³/mol. The zero-order valence-corrected chi connectivity index (χ0v) is 14.5. The van der Waals surface area contributed by atoms with Gasteiger partial charge in [-0.15, -0.1) is 0 Å². The Morgan fingerprint density at radius 2 is 2.11 bits per heavy atom. The molecule has 3 atom stereocenters. The minimum Gasteiger partial charge on any atom is -0.493 e.